The minimum absolute atomic E-state index is 0.143. The highest BCUT2D eigenvalue weighted by molar-refractivity contribution is 9.10. The van der Waals surface area contributed by atoms with E-state index in [2.05, 4.69) is 33.4 Å². The van der Waals surface area contributed by atoms with Gasteiger partial charge in [-0.25, -0.2) is 0 Å². The van der Waals surface area contributed by atoms with Crippen LogP contribution in [-0.2, 0) is 6.54 Å². The number of nitrogens with two attached hydrogens (primary N) is 1. The normalized spacial score (nSPS) is 11.7. The second-order valence-electron chi connectivity index (χ2n) is 4.22. The van der Waals surface area contributed by atoms with Crippen LogP contribution >= 0.6 is 15.9 Å². The molecule has 0 aliphatic heterocycles. The van der Waals surface area contributed by atoms with E-state index in [1.165, 1.54) is 5.56 Å². The molecular formula is C11H17BrN2. The van der Waals surface area contributed by atoms with Crippen LogP contribution in [0.15, 0.2) is 28.7 Å². The smallest absolute Gasteiger partial charge is 0.0223 e. The lowest BCUT2D eigenvalue weighted by atomic mass is 10.1. The topological polar surface area (TPSA) is 38.0 Å². The monoisotopic (exact) mass is 256 g/mol. The maximum absolute atomic E-state index is 5.85. The molecule has 0 saturated carbocycles. The third-order valence-corrected chi connectivity index (χ3v) is 2.35. The molecular weight excluding hydrogens is 240 g/mol. The quantitative estimate of drug-likeness (QED) is 0.868. The van der Waals surface area contributed by atoms with E-state index in [9.17, 15) is 0 Å². The van der Waals surface area contributed by atoms with Gasteiger partial charge in [-0.2, -0.15) is 0 Å². The highest BCUT2D eigenvalue weighted by Gasteiger charge is 2.08. The van der Waals surface area contributed by atoms with Crippen LogP contribution < -0.4 is 11.1 Å². The molecule has 1 aromatic carbocycles. The van der Waals surface area contributed by atoms with Crippen molar-refractivity contribution in [3.8, 4) is 0 Å². The first kappa shape index (κ1) is 11.7. The summed E-state index contributed by atoms with van der Waals surface area (Å²) in [4.78, 5) is 0. The van der Waals surface area contributed by atoms with Crippen LogP contribution in [0.25, 0.3) is 0 Å². The first-order chi connectivity index (χ1) is 6.47. The molecule has 0 fully saturated rings. The van der Waals surface area contributed by atoms with Crippen LogP contribution in [0.4, 0.5) is 0 Å². The van der Waals surface area contributed by atoms with Gasteiger partial charge >= 0.3 is 0 Å². The highest BCUT2D eigenvalue weighted by atomic mass is 79.9. The summed E-state index contributed by atoms with van der Waals surface area (Å²) in [7, 11) is 0. The van der Waals surface area contributed by atoms with Crippen molar-refractivity contribution >= 4 is 15.9 Å². The van der Waals surface area contributed by atoms with Crippen LogP contribution in [0, 0.1) is 0 Å². The van der Waals surface area contributed by atoms with Crippen molar-refractivity contribution in [2.45, 2.75) is 25.9 Å². The van der Waals surface area contributed by atoms with Crippen molar-refractivity contribution in [1.29, 1.82) is 0 Å². The zero-order chi connectivity index (χ0) is 10.6. The molecule has 78 valence electrons. The van der Waals surface area contributed by atoms with E-state index < -0.39 is 0 Å². The van der Waals surface area contributed by atoms with Gasteiger partial charge in [0.25, 0.3) is 0 Å². The van der Waals surface area contributed by atoms with Crippen molar-refractivity contribution in [2.24, 2.45) is 5.73 Å². The molecule has 0 radical (unpaired) electrons. The van der Waals surface area contributed by atoms with E-state index in [4.69, 9.17) is 5.73 Å². The predicted molar refractivity (Wildman–Crippen MR) is 64.1 cm³/mol. The summed E-state index contributed by atoms with van der Waals surface area (Å²) in [6, 6.07) is 8.29. The Hall–Kier alpha value is -0.380. The van der Waals surface area contributed by atoms with Gasteiger partial charge in [0.2, 0.25) is 0 Å². The fourth-order valence-electron chi connectivity index (χ4n) is 1.13. The molecule has 1 rings (SSSR count). The summed E-state index contributed by atoms with van der Waals surface area (Å²) in [5, 5.41) is 3.32. The van der Waals surface area contributed by atoms with Gasteiger partial charge in [-0.05, 0) is 31.5 Å². The molecule has 3 heteroatoms. The van der Waals surface area contributed by atoms with Gasteiger partial charge in [-0.3, -0.25) is 0 Å². The lowest BCUT2D eigenvalue weighted by molar-refractivity contribution is 0.466. The van der Waals surface area contributed by atoms with Gasteiger partial charge in [-0.1, -0.05) is 28.1 Å². The van der Waals surface area contributed by atoms with Crippen LogP contribution in [-0.4, -0.2) is 12.1 Å². The van der Waals surface area contributed by atoms with E-state index in [1.807, 2.05) is 26.0 Å². The average molecular weight is 257 g/mol. The van der Waals surface area contributed by atoms with E-state index in [0.717, 1.165) is 17.6 Å². The third kappa shape index (κ3) is 4.74. The summed E-state index contributed by atoms with van der Waals surface area (Å²) >= 11 is 3.40. The third-order valence-electron chi connectivity index (χ3n) is 1.82. The van der Waals surface area contributed by atoms with Crippen LogP contribution in [0.3, 0.4) is 0 Å². The summed E-state index contributed by atoms with van der Waals surface area (Å²) < 4.78 is 1.11. The average Bonchev–Trinajstić information content (AvgIpc) is 2.06. The van der Waals surface area contributed by atoms with Crippen molar-refractivity contribution in [1.82, 2.24) is 5.32 Å². The molecule has 0 bridgehead atoms. The molecule has 3 N–H and O–H groups in total. The Morgan fingerprint density at radius 2 is 1.86 bits per heavy atom. The van der Waals surface area contributed by atoms with Gasteiger partial charge < -0.3 is 11.1 Å². The van der Waals surface area contributed by atoms with Crippen LogP contribution in [0.1, 0.15) is 19.4 Å². The Balaban J connectivity index is 2.35. The maximum Gasteiger partial charge on any atom is 0.0223 e. The number of benzene rings is 1. The second kappa shape index (κ2) is 4.91. The van der Waals surface area contributed by atoms with E-state index in [0.29, 0.717) is 0 Å². The molecule has 14 heavy (non-hydrogen) atoms. The molecule has 0 saturated heterocycles. The number of nitrogens with one attached hydrogen (secondary N) is 1. The summed E-state index contributed by atoms with van der Waals surface area (Å²) in [6.45, 7) is 5.72. The van der Waals surface area contributed by atoms with Crippen molar-refractivity contribution in [3.05, 3.63) is 34.3 Å². The molecule has 0 aliphatic carbocycles. The predicted octanol–water partition coefficient (Wildman–Crippen LogP) is 2.28. The van der Waals surface area contributed by atoms with Crippen molar-refractivity contribution in [2.75, 3.05) is 6.54 Å². The highest BCUT2D eigenvalue weighted by Crippen LogP contribution is 2.10. The summed E-state index contributed by atoms with van der Waals surface area (Å²) in [5.41, 5.74) is 6.99. The number of rotatable bonds is 4. The first-order valence-corrected chi connectivity index (χ1v) is 5.51. The van der Waals surface area contributed by atoms with Gasteiger partial charge in [0.15, 0.2) is 0 Å². The number of hydrogen-bond donors (Lipinski definition) is 2. The largest absolute Gasteiger partial charge is 0.324 e. The minimum Gasteiger partial charge on any atom is -0.324 e. The molecule has 0 spiro atoms. The number of hydrogen-bond acceptors (Lipinski definition) is 2. The van der Waals surface area contributed by atoms with Crippen molar-refractivity contribution in [3.63, 3.8) is 0 Å². The zero-order valence-corrected chi connectivity index (χ0v) is 10.3. The standard InChI is InChI=1S/C11H17BrN2/c1-11(2,13)8-14-7-9-3-5-10(12)6-4-9/h3-6,14H,7-8,13H2,1-2H3. The zero-order valence-electron chi connectivity index (χ0n) is 8.68. The SMILES string of the molecule is CC(C)(N)CNCc1ccc(Br)cc1. The molecule has 0 unspecified atom stereocenters. The van der Waals surface area contributed by atoms with E-state index >= 15 is 0 Å². The molecule has 0 aromatic heterocycles. The minimum atomic E-state index is -0.143. The Bertz CT molecular complexity index is 274. The van der Waals surface area contributed by atoms with E-state index in [1.54, 1.807) is 0 Å². The maximum atomic E-state index is 5.85. The molecule has 0 aliphatic rings. The fourth-order valence-corrected chi connectivity index (χ4v) is 1.40. The van der Waals surface area contributed by atoms with Gasteiger partial charge in [0, 0.05) is 23.1 Å². The molecule has 0 heterocycles. The van der Waals surface area contributed by atoms with Crippen molar-refractivity contribution < 1.29 is 0 Å². The fraction of sp³-hybridized carbons (Fsp3) is 0.455. The Kier molecular flexibility index (Phi) is 4.11. The first-order valence-electron chi connectivity index (χ1n) is 4.71. The lowest BCUT2D eigenvalue weighted by Crippen LogP contribution is -2.42. The van der Waals surface area contributed by atoms with Gasteiger partial charge in [-0.15, -0.1) is 0 Å². The second-order valence-corrected chi connectivity index (χ2v) is 5.13. The molecule has 1 aromatic rings. The van der Waals surface area contributed by atoms with E-state index in [-0.39, 0.29) is 5.54 Å². The summed E-state index contributed by atoms with van der Waals surface area (Å²) in [5.74, 6) is 0. The molecule has 2 nitrogen and oxygen atoms in total. The van der Waals surface area contributed by atoms with Crippen LogP contribution in [0.5, 0.6) is 0 Å². The van der Waals surface area contributed by atoms with Gasteiger partial charge in [0.05, 0.1) is 0 Å². The molecule has 0 amide bonds. The van der Waals surface area contributed by atoms with Crippen LogP contribution in [0.2, 0.25) is 0 Å². The van der Waals surface area contributed by atoms with Gasteiger partial charge in [0.1, 0.15) is 0 Å². The Labute approximate surface area is 94.0 Å². The lowest BCUT2D eigenvalue weighted by Gasteiger charge is -2.18. The Morgan fingerprint density at radius 1 is 1.29 bits per heavy atom. The number of halogens is 1. The Morgan fingerprint density at radius 3 is 2.36 bits per heavy atom. The molecule has 0 atom stereocenters. The summed E-state index contributed by atoms with van der Waals surface area (Å²) in [6.07, 6.45) is 0.